The van der Waals surface area contributed by atoms with Crippen LogP contribution in [-0.2, 0) is 11.3 Å². The van der Waals surface area contributed by atoms with Gasteiger partial charge in [0.05, 0.1) is 23.6 Å². The molecule has 10 nitrogen and oxygen atoms in total. The first-order valence-electron chi connectivity index (χ1n) is 12.0. The topological polar surface area (TPSA) is 109 Å². The van der Waals surface area contributed by atoms with Crippen molar-refractivity contribution in [3.05, 3.63) is 82.3 Å². The summed E-state index contributed by atoms with van der Waals surface area (Å²) in [6, 6.07) is 17.8. The van der Waals surface area contributed by atoms with Gasteiger partial charge >= 0.3 is 12.0 Å². The third kappa shape index (κ3) is 5.52. The number of aromatic nitrogens is 3. The highest BCUT2D eigenvalue weighted by Gasteiger charge is 2.23. The number of ether oxygens (including phenoxy) is 1. The number of hydrogen-bond donors (Lipinski definition) is 1. The molecule has 11 heteroatoms. The van der Waals surface area contributed by atoms with E-state index in [9.17, 15) is 14.4 Å². The highest BCUT2D eigenvalue weighted by Crippen LogP contribution is 2.24. The number of piperazine rings is 1. The number of anilines is 1. The van der Waals surface area contributed by atoms with Crippen LogP contribution >= 0.6 is 11.3 Å². The summed E-state index contributed by atoms with van der Waals surface area (Å²) < 4.78 is 6.42. The minimum absolute atomic E-state index is 0.211. The van der Waals surface area contributed by atoms with Crippen LogP contribution in [0, 0.1) is 0 Å². The number of nitrogens with one attached hydrogen (secondary N) is 1. The van der Waals surface area contributed by atoms with Crippen LogP contribution < -0.4 is 10.9 Å². The number of carbonyl (C=O) groups is 2. The fourth-order valence-corrected chi connectivity index (χ4v) is 5.08. The summed E-state index contributed by atoms with van der Waals surface area (Å²) in [5, 5.41) is 8.00. The zero-order chi connectivity index (χ0) is 25.8. The predicted molar refractivity (Wildman–Crippen MR) is 141 cm³/mol. The first kappa shape index (κ1) is 24.6. The van der Waals surface area contributed by atoms with Crippen molar-refractivity contribution < 1.29 is 14.3 Å². The zero-order valence-corrected chi connectivity index (χ0v) is 21.1. The van der Waals surface area contributed by atoms with Crippen molar-refractivity contribution in [1.29, 1.82) is 0 Å². The van der Waals surface area contributed by atoms with E-state index in [0.29, 0.717) is 54.6 Å². The number of urea groups is 1. The summed E-state index contributed by atoms with van der Waals surface area (Å²) in [7, 11) is 0. The Kier molecular flexibility index (Phi) is 7.24. The lowest BCUT2D eigenvalue weighted by Gasteiger charge is -2.34. The molecule has 0 unspecified atom stereocenters. The number of nitrogens with zero attached hydrogens (tertiary/aromatic N) is 5. The average molecular weight is 519 g/mol. The number of amides is 2. The van der Waals surface area contributed by atoms with Gasteiger partial charge in [-0.3, -0.25) is 9.69 Å². The van der Waals surface area contributed by atoms with Gasteiger partial charge in [0.15, 0.2) is 0 Å². The van der Waals surface area contributed by atoms with E-state index in [0.717, 1.165) is 10.6 Å². The van der Waals surface area contributed by atoms with Crippen molar-refractivity contribution in [2.75, 3.05) is 38.1 Å². The van der Waals surface area contributed by atoms with Crippen molar-refractivity contribution in [3.8, 4) is 10.6 Å². The molecule has 5 rings (SSSR count). The molecule has 1 aliphatic heterocycles. The van der Waals surface area contributed by atoms with Gasteiger partial charge in [-0.1, -0.05) is 53.8 Å². The van der Waals surface area contributed by atoms with Gasteiger partial charge in [-0.05, 0) is 19.1 Å². The smallest absolute Gasteiger partial charge is 0.340 e. The molecule has 0 aliphatic carbocycles. The summed E-state index contributed by atoms with van der Waals surface area (Å²) in [5.74, 6) is -0.472. The Morgan fingerprint density at radius 2 is 1.76 bits per heavy atom. The molecule has 0 atom stereocenters. The Bertz CT molecular complexity index is 1480. The van der Waals surface area contributed by atoms with Crippen LogP contribution in [0.25, 0.3) is 15.5 Å². The van der Waals surface area contributed by atoms with E-state index >= 15 is 0 Å². The summed E-state index contributed by atoms with van der Waals surface area (Å²) in [4.78, 5) is 46.8. The molecule has 0 radical (unpaired) electrons. The Balaban J connectivity index is 1.21. The lowest BCUT2D eigenvalue weighted by molar-refractivity contribution is 0.0527. The minimum Gasteiger partial charge on any atom is -0.462 e. The Morgan fingerprint density at radius 1 is 1.03 bits per heavy atom. The summed E-state index contributed by atoms with van der Waals surface area (Å²) in [6.07, 6.45) is 0. The van der Waals surface area contributed by atoms with Gasteiger partial charge in [0.25, 0.3) is 5.56 Å². The highest BCUT2D eigenvalue weighted by molar-refractivity contribution is 7.19. The van der Waals surface area contributed by atoms with E-state index in [4.69, 9.17) is 4.74 Å². The molecule has 0 bridgehead atoms. The fraction of sp³-hybridized carbons (Fsp3) is 0.269. The molecule has 37 heavy (non-hydrogen) atoms. The van der Waals surface area contributed by atoms with Crippen LogP contribution in [0.1, 0.15) is 23.0 Å². The molecule has 2 aromatic heterocycles. The second kappa shape index (κ2) is 10.9. The lowest BCUT2D eigenvalue weighted by Crippen LogP contribution is -2.49. The van der Waals surface area contributed by atoms with E-state index in [1.165, 1.54) is 21.9 Å². The van der Waals surface area contributed by atoms with Crippen LogP contribution in [0.3, 0.4) is 0 Å². The number of esters is 1. The predicted octanol–water partition coefficient (Wildman–Crippen LogP) is 3.34. The largest absolute Gasteiger partial charge is 0.462 e. The molecule has 0 saturated carbocycles. The quantitative estimate of drug-likeness (QED) is 0.390. The Labute approximate surface area is 217 Å². The van der Waals surface area contributed by atoms with E-state index in [2.05, 4.69) is 20.3 Å². The number of hydrogen-bond acceptors (Lipinski definition) is 8. The van der Waals surface area contributed by atoms with E-state index in [1.54, 1.807) is 36.1 Å². The van der Waals surface area contributed by atoms with Crippen LogP contribution in [0.15, 0.2) is 65.5 Å². The normalized spacial score (nSPS) is 14.0. The zero-order valence-electron chi connectivity index (χ0n) is 20.3. The molecule has 1 aliphatic rings. The highest BCUT2D eigenvalue weighted by atomic mass is 32.1. The van der Waals surface area contributed by atoms with Crippen molar-refractivity contribution in [2.45, 2.75) is 13.5 Å². The molecule has 2 amide bonds. The number of para-hydroxylation sites is 1. The van der Waals surface area contributed by atoms with Crippen molar-refractivity contribution in [2.24, 2.45) is 0 Å². The van der Waals surface area contributed by atoms with Crippen LogP contribution in [0.4, 0.5) is 10.5 Å². The van der Waals surface area contributed by atoms with Gasteiger partial charge in [-0.2, -0.15) is 9.61 Å². The van der Waals surface area contributed by atoms with Crippen molar-refractivity contribution in [3.63, 3.8) is 0 Å². The average Bonchev–Trinajstić information content (AvgIpc) is 3.35. The maximum Gasteiger partial charge on any atom is 0.340 e. The molecule has 1 fully saturated rings. The summed E-state index contributed by atoms with van der Waals surface area (Å²) >= 11 is 1.38. The maximum absolute atomic E-state index is 12.9. The number of fused-ring (bicyclic) bond motifs is 1. The number of carbonyl (C=O) groups excluding carboxylic acids is 2. The van der Waals surface area contributed by atoms with Gasteiger partial charge in [0.1, 0.15) is 5.01 Å². The number of rotatable bonds is 6. The molecule has 1 N–H and O–H groups in total. The molecule has 0 spiro atoms. The summed E-state index contributed by atoms with van der Waals surface area (Å²) in [6.45, 7) is 4.78. The first-order chi connectivity index (χ1) is 18.0. The third-order valence-corrected chi connectivity index (χ3v) is 6.99. The van der Waals surface area contributed by atoms with Crippen LogP contribution in [-0.4, -0.2) is 69.2 Å². The second-order valence-electron chi connectivity index (χ2n) is 8.51. The van der Waals surface area contributed by atoms with E-state index in [-0.39, 0.29) is 18.2 Å². The standard InChI is InChI=1S/C26H26N6O4S/c1-2-36-24(34)20-10-6-7-11-21(20)28-25(35)31-14-12-30(13-15-31)17-19-16-22(33)32-26(27-19)37-23(29-32)18-8-4-3-5-9-18/h3-11,16H,2,12-15,17H2,1H3,(H,28,35). The third-order valence-electron chi connectivity index (χ3n) is 6.03. The monoisotopic (exact) mass is 518 g/mol. The first-order valence-corrected chi connectivity index (χ1v) is 12.8. The fourth-order valence-electron chi connectivity index (χ4n) is 4.15. The van der Waals surface area contributed by atoms with Gasteiger partial charge in [0.2, 0.25) is 4.96 Å². The Morgan fingerprint density at radius 3 is 2.51 bits per heavy atom. The van der Waals surface area contributed by atoms with E-state index in [1.807, 2.05) is 30.3 Å². The van der Waals surface area contributed by atoms with Crippen molar-refractivity contribution in [1.82, 2.24) is 24.4 Å². The lowest BCUT2D eigenvalue weighted by atomic mass is 10.2. The molecule has 4 aromatic rings. The summed E-state index contributed by atoms with van der Waals surface area (Å²) in [5.41, 5.74) is 2.15. The molecule has 2 aromatic carbocycles. The maximum atomic E-state index is 12.9. The van der Waals surface area contributed by atoms with Gasteiger partial charge in [-0.15, -0.1) is 0 Å². The van der Waals surface area contributed by atoms with Crippen molar-refractivity contribution >= 4 is 34.0 Å². The van der Waals surface area contributed by atoms with Crippen LogP contribution in [0.2, 0.25) is 0 Å². The SMILES string of the molecule is CCOC(=O)c1ccccc1NC(=O)N1CCN(Cc2cc(=O)n3nc(-c4ccccc4)sc3n2)CC1. The Hall–Kier alpha value is -4.09. The minimum atomic E-state index is -0.472. The van der Waals surface area contributed by atoms with Gasteiger partial charge < -0.3 is 15.0 Å². The number of benzene rings is 2. The van der Waals surface area contributed by atoms with Crippen LogP contribution in [0.5, 0.6) is 0 Å². The molecule has 190 valence electrons. The molecular formula is C26H26N6O4S. The molecular weight excluding hydrogens is 492 g/mol. The van der Waals surface area contributed by atoms with Gasteiger partial charge in [-0.25, -0.2) is 14.6 Å². The molecule has 1 saturated heterocycles. The van der Waals surface area contributed by atoms with Gasteiger partial charge in [0, 0.05) is 44.4 Å². The second-order valence-corrected chi connectivity index (χ2v) is 9.47. The molecule has 3 heterocycles. The van der Waals surface area contributed by atoms with E-state index < -0.39 is 5.97 Å².